The number of pyridine rings is 1. The summed E-state index contributed by atoms with van der Waals surface area (Å²) in [4.78, 5) is 14.2. The van der Waals surface area contributed by atoms with Crippen LogP contribution in [-0.4, -0.2) is 15.7 Å². The quantitative estimate of drug-likeness (QED) is 0.390. The van der Waals surface area contributed by atoms with Crippen LogP contribution in [0.25, 0.3) is 0 Å². The highest BCUT2D eigenvalue weighted by Crippen LogP contribution is 2.33. The lowest BCUT2D eigenvalue weighted by molar-refractivity contribution is -0.384. The van der Waals surface area contributed by atoms with E-state index < -0.39 is 4.92 Å². The van der Waals surface area contributed by atoms with Crippen LogP contribution in [0.15, 0.2) is 30.5 Å². The van der Waals surface area contributed by atoms with Gasteiger partial charge >= 0.3 is 0 Å². The number of aromatic nitrogens is 1. The molecule has 0 atom stereocenters. The Hall–Kier alpha value is -2.67. The molecule has 1 aromatic carbocycles. The number of non-ortho nitro benzene ring substituents is 1. The summed E-state index contributed by atoms with van der Waals surface area (Å²) in [6.45, 7) is 1.74. The summed E-state index contributed by atoms with van der Waals surface area (Å²) in [5, 5.41) is 18.3. The molecule has 1 aromatic heterocycles. The van der Waals surface area contributed by atoms with E-state index in [4.69, 9.17) is 27.5 Å². The molecule has 3 N–H and O–H groups in total. The molecule has 0 amide bonds. The normalized spacial score (nSPS) is 10.2. The number of amidine groups is 1. The van der Waals surface area contributed by atoms with Crippen molar-refractivity contribution in [1.29, 1.82) is 5.41 Å². The molecule has 0 aliphatic rings. The number of hydrogen-bond acceptors (Lipinski definition) is 5. The zero-order valence-electron chi connectivity index (χ0n) is 11.0. The fourth-order valence-corrected chi connectivity index (χ4v) is 1.87. The van der Waals surface area contributed by atoms with Gasteiger partial charge in [-0.25, -0.2) is 4.98 Å². The zero-order valence-corrected chi connectivity index (χ0v) is 11.7. The minimum Gasteiger partial charge on any atom is -0.437 e. The maximum Gasteiger partial charge on any atom is 0.273 e. The van der Waals surface area contributed by atoms with E-state index in [0.29, 0.717) is 5.56 Å². The second kappa shape index (κ2) is 5.76. The van der Waals surface area contributed by atoms with Gasteiger partial charge in [0.25, 0.3) is 5.69 Å². The average molecular weight is 307 g/mol. The van der Waals surface area contributed by atoms with Crippen molar-refractivity contribution >= 4 is 23.1 Å². The Kier molecular flexibility index (Phi) is 4.04. The van der Waals surface area contributed by atoms with Crippen molar-refractivity contribution < 1.29 is 9.66 Å². The number of nitrogens with two attached hydrogens (primary N) is 1. The van der Waals surface area contributed by atoms with Crippen LogP contribution in [0.1, 0.15) is 11.1 Å². The van der Waals surface area contributed by atoms with Crippen molar-refractivity contribution in [2.45, 2.75) is 6.92 Å². The van der Waals surface area contributed by atoms with Crippen LogP contribution in [-0.2, 0) is 0 Å². The molecule has 0 aliphatic heterocycles. The molecule has 0 aliphatic carbocycles. The van der Waals surface area contributed by atoms with E-state index in [1.807, 2.05) is 0 Å². The molecule has 8 heteroatoms. The van der Waals surface area contributed by atoms with E-state index in [9.17, 15) is 10.1 Å². The topological polar surface area (TPSA) is 115 Å². The van der Waals surface area contributed by atoms with Crippen LogP contribution >= 0.6 is 11.6 Å². The first-order valence-corrected chi connectivity index (χ1v) is 6.19. The van der Waals surface area contributed by atoms with Gasteiger partial charge in [0.15, 0.2) is 0 Å². The predicted octanol–water partition coefficient (Wildman–Crippen LogP) is 3.03. The number of nitro benzene ring substituents is 1. The smallest absolute Gasteiger partial charge is 0.273 e. The lowest BCUT2D eigenvalue weighted by atomic mass is 10.2. The highest BCUT2D eigenvalue weighted by atomic mass is 35.5. The first-order chi connectivity index (χ1) is 9.90. The number of nitrogens with one attached hydrogen (secondary N) is 1. The summed E-state index contributed by atoms with van der Waals surface area (Å²) in [6.07, 6.45) is 1.39. The zero-order chi connectivity index (χ0) is 15.6. The van der Waals surface area contributed by atoms with E-state index in [1.165, 1.54) is 24.4 Å². The average Bonchev–Trinajstić information content (AvgIpc) is 2.42. The lowest BCUT2D eigenvalue weighted by Crippen LogP contribution is -2.12. The third kappa shape index (κ3) is 3.09. The number of ether oxygens (including phenoxy) is 1. The van der Waals surface area contributed by atoms with Gasteiger partial charge < -0.3 is 10.5 Å². The number of halogens is 1. The Morgan fingerprint density at radius 1 is 1.48 bits per heavy atom. The molecule has 21 heavy (non-hydrogen) atoms. The summed E-state index contributed by atoms with van der Waals surface area (Å²) in [7, 11) is 0. The van der Waals surface area contributed by atoms with Crippen molar-refractivity contribution in [2.75, 3.05) is 0 Å². The standard InChI is InChI=1S/C13H11ClN4O3/c1-7-2-3-8(18(19)20)6-10(7)21-13-11(14)9(12(15)16)4-5-17-13/h2-6H,1H3,(H3,15,16). The van der Waals surface area contributed by atoms with Gasteiger partial charge in [-0.15, -0.1) is 0 Å². The summed E-state index contributed by atoms with van der Waals surface area (Å²) >= 11 is 6.07. The van der Waals surface area contributed by atoms with Crippen LogP contribution in [0.3, 0.4) is 0 Å². The summed E-state index contributed by atoms with van der Waals surface area (Å²) in [5.74, 6) is 0.0790. The van der Waals surface area contributed by atoms with Gasteiger partial charge in [-0.2, -0.15) is 0 Å². The van der Waals surface area contributed by atoms with Crippen molar-refractivity contribution in [3.63, 3.8) is 0 Å². The minimum absolute atomic E-state index is 0.0352. The lowest BCUT2D eigenvalue weighted by Gasteiger charge is -2.10. The largest absolute Gasteiger partial charge is 0.437 e. The van der Waals surface area contributed by atoms with Gasteiger partial charge in [-0.3, -0.25) is 15.5 Å². The van der Waals surface area contributed by atoms with Gasteiger partial charge in [-0.1, -0.05) is 11.6 Å². The third-order valence-electron chi connectivity index (χ3n) is 2.74. The summed E-state index contributed by atoms with van der Waals surface area (Å²) in [5.41, 5.74) is 6.26. The Morgan fingerprint density at radius 3 is 2.81 bits per heavy atom. The summed E-state index contributed by atoms with van der Waals surface area (Å²) in [6, 6.07) is 5.71. The Balaban J connectivity index is 2.43. The number of hydrogen-bond donors (Lipinski definition) is 2. The molecule has 0 fully saturated rings. The number of nitrogen functional groups attached to an aromatic ring is 1. The molecule has 1 heterocycles. The first-order valence-electron chi connectivity index (χ1n) is 5.82. The molecular formula is C13H11ClN4O3. The second-order valence-corrected chi connectivity index (χ2v) is 4.58. The van der Waals surface area contributed by atoms with Gasteiger partial charge in [-0.05, 0) is 24.6 Å². The number of nitro groups is 1. The molecule has 2 rings (SSSR count). The molecule has 108 valence electrons. The first kappa shape index (κ1) is 14.7. The molecule has 0 bridgehead atoms. The number of rotatable bonds is 4. The van der Waals surface area contributed by atoms with Crippen molar-refractivity contribution in [1.82, 2.24) is 4.98 Å². The number of nitrogens with zero attached hydrogens (tertiary/aromatic N) is 2. The molecule has 0 radical (unpaired) electrons. The summed E-state index contributed by atoms with van der Waals surface area (Å²) < 4.78 is 5.52. The van der Waals surface area contributed by atoms with Crippen LogP contribution in [0.4, 0.5) is 5.69 Å². The highest BCUT2D eigenvalue weighted by Gasteiger charge is 2.15. The van der Waals surface area contributed by atoms with Crippen molar-refractivity contribution in [3.05, 3.63) is 56.7 Å². The highest BCUT2D eigenvalue weighted by molar-refractivity contribution is 6.35. The van der Waals surface area contributed by atoms with Gasteiger partial charge in [0.05, 0.1) is 11.0 Å². The number of benzene rings is 1. The fourth-order valence-electron chi connectivity index (χ4n) is 1.62. The van der Waals surface area contributed by atoms with Crippen LogP contribution < -0.4 is 10.5 Å². The molecule has 7 nitrogen and oxygen atoms in total. The van der Waals surface area contributed by atoms with E-state index >= 15 is 0 Å². The Labute approximate surface area is 125 Å². The van der Waals surface area contributed by atoms with Gasteiger partial charge in [0.1, 0.15) is 16.6 Å². The second-order valence-electron chi connectivity index (χ2n) is 4.20. The van der Waals surface area contributed by atoms with Crippen LogP contribution in [0, 0.1) is 22.4 Å². The maximum atomic E-state index is 10.8. The van der Waals surface area contributed by atoms with Crippen LogP contribution in [0.2, 0.25) is 5.02 Å². The molecule has 0 spiro atoms. The molecule has 0 unspecified atom stereocenters. The number of aryl methyl sites for hydroxylation is 1. The maximum absolute atomic E-state index is 10.8. The molecule has 0 saturated carbocycles. The van der Waals surface area contributed by atoms with E-state index in [1.54, 1.807) is 13.0 Å². The Morgan fingerprint density at radius 2 is 2.19 bits per heavy atom. The molecule has 2 aromatic rings. The van der Waals surface area contributed by atoms with Crippen molar-refractivity contribution in [3.8, 4) is 11.6 Å². The van der Waals surface area contributed by atoms with Gasteiger partial charge in [0.2, 0.25) is 5.88 Å². The molecular weight excluding hydrogens is 296 g/mol. The van der Waals surface area contributed by atoms with E-state index in [2.05, 4.69) is 4.98 Å². The minimum atomic E-state index is -0.521. The van der Waals surface area contributed by atoms with Gasteiger partial charge in [0, 0.05) is 17.8 Å². The molecule has 0 saturated heterocycles. The van der Waals surface area contributed by atoms with Crippen LogP contribution in [0.5, 0.6) is 11.6 Å². The monoisotopic (exact) mass is 306 g/mol. The fraction of sp³-hybridized carbons (Fsp3) is 0.0769. The Bertz CT molecular complexity index is 733. The van der Waals surface area contributed by atoms with E-state index in [-0.39, 0.29) is 33.7 Å². The third-order valence-corrected chi connectivity index (χ3v) is 3.10. The van der Waals surface area contributed by atoms with E-state index in [0.717, 1.165) is 0 Å². The van der Waals surface area contributed by atoms with Crippen molar-refractivity contribution in [2.24, 2.45) is 5.73 Å². The predicted molar refractivity (Wildman–Crippen MR) is 78.2 cm³/mol. The SMILES string of the molecule is Cc1ccc([N+](=O)[O-])cc1Oc1nccc(C(=N)N)c1Cl.